The molecule has 0 radical (unpaired) electrons. The van der Waals surface area contributed by atoms with Gasteiger partial charge >= 0.3 is 0 Å². The summed E-state index contributed by atoms with van der Waals surface area (Å²) in [6.45, 7) is 9.33. The van der Waals surface area contributed by atoms with E-state index in [-0.39, 0.29) is 23.0 Å². The molecule has 4 saturated carbocycles. The molecule has 0 amide bonds. The lowest BCUT2D eigenvalue weighted by atomic mass is 9.44. The van der Waals surface area contributed by atoms with Crippen molar-refractivity contribution in [1.82, 2.24) is 0 Å². The molecule has 0 aromatic carbocycles. The number of fused-ring (bicyclic) bond motifs is 7. The Morgan fingerprint density at radius 1 is 0.673 bits per heavy atom. The molecule has 22 atom stereocenters. The number of hydrogen-bond donors (Lipinski definition) is 7. The van der Waals surface area contributed by atoms with E-state index >= 15 is 0 Å². The summed E-state index contributed by atoms with van der Waals surface area (Å²) in [4.78, 5) is 0. The topological polar surface area (TPSA) is 197 Å². The molecular weight excluding hydrogens is 676 g/mol. The van der Waals surface area contributed by atoms with E-state index in [9.17, 15) is 35.7 Å². The second-order valence-corrected chi connectivity index (χ2v) is 18.7. The Bertz CT molecular complexity index is 1260. The molecule has 5 unspecified atom stereocenters. The second kappa shape index (κ2) is 14.1. The zero-order valence-corrected chi connectivity index (χ0v) is 31.2. The zero-order valence-electron chi connectivity index (χ0n) is 31.2. The molecule has 4 heterocycles. The summed E-state index contributed by atoms with van der Waals surface area (Å²) in [5.41, 5.74) is 0.468. The van der Waals surface area contributed by atoms with Crippen LogP contribution in [0.4, 0.5) is 0 Å². The number of ether oxygens (including phenoxy) is 6. The van der Waals surface area contributed by atoms with Gasteiger partial charge in [0.1, 0.15) is 48.8 Å². The first kappa shape index (κ1) is 38.4. The summed E-state index contributed by atoms with van der Waals surface area (Å²) in [5, 5.41) is 72.8. The van der Waals surface area contributed by atoms with Gasteiger partial charge in [0.2, 0.25) is 0 Å². The van der Waals surface area contributed by atoms with Gasteiger partial charge in [-0.2, -0.15) is 0 Å². The molecular formula is C39H64O13. The van der Waals surface area contributed by atoms with Crippen LogP contribution in [0.1, 0.15) is 91.9 Å². The third-order valence-electron chi connectivity index (χ3n) is 16.2. The lowest BCUT2D eigenvalue weighted by Gasteiger charge is -2.61. The Labute approximate surface area is 307 Å². The molecule has 4 saturated heterocycles. The number of aliphatic hydroxyl groups excluding tert-OH is 7. The molecule has 52 heavy (non-hydrogen) atoms. The predicted molar refractivity (Wildman–Crippen MR) is 183 cm³/mol. The summed E-state index contributed by atoms with van der Waals surface area (Å²) in [6.07, 6.45) is -3.66. The van der Waals surface area contributed by atoms with E-state index in [1.165, 1.54) is 25.7 Å². The minimum Gasteiger partial charge on any atom is -0.394 e. The molecule has 4 aliphatic carbocycles. The zero-order chi connectivity index (χ0) is 36.9. The maximum Gasteiger partial charge on any atom is 0.187 e. The highest BCUT2D eigenvalue weighted by Crippen LogP contribution is 2.71. The number of rotatable bonds is 6. The fraction of sp³-hybridized carbons (Fsp3) is 1.00. The standard InChI is InChI=1S/C39H64O13/c1-18-7-12-39(47-17-18)19(2)28-25(52-39)14-24-22-6-5-20-13-21(8-10-37(20,3)23(22)9-11-38(24,28)4)48-35-33(46)31(44)34(27(16-41)50-35)51-36-32(45)30(43)29(42)26(15-40)49-36/h18-36,40-46H,5-17H2,1-4H3/t18-,19?,20+,21+,22?,23?,24+,25?,26-,27-,28?,29-,30+,31-,32-,33-,34-,35-,36+,37+,38+,39-/m1/s1. The molecule has 0 aromatic heterocycles. The van der Waals surface area contributed by atoms with Gasteiger partial charge in [0.05, 0.1) is 32.0 Å². The Morgan fingerprint density at radius 2 is 1.37 bits per heavy atom. The molecule has 8 aliphatic rings. The van der Waals surface area contributed by atoms with Crippen LogP contribution in [0.25, 0.3) is 0 Å². The first-order valence-corrected chi connectivity index (χ1v) is 20.3. The predicted octanol–water partition coefficient (Wildman–Crippen LogP) is 1.44. The second-order valence-electron chi connectivity index (χ2n) is 18.7. The number of aliphatic hydroxyl groups is 7. The van der Waals surface area contributed by atoms with Crippen LogP contribution in [0.15, 0.2) is 0 Å². The fourth-order valence-electron chi connectivity index (χ4n) is 13.2. The molecule has 8 fully saturated rings. The first-order valence-electron chi connectivity index (χ1n) is 20.3. The van der Waals surface area contributed by atoms with Crippen molar-refractivity contribution in [1.29, 1.82) is 0 Å². The SMILES string of the molecule is CC1C2C(C[C@H]3C4CC[C@H]5C[C@@H](O[C@@H]6O[C@H](CO)[C@@H](O[C@@H]7O[C@H](CO)[C@@H](O)[C@H](O)[C@H]7O)[C@H](O)[C@H]6O)CC[C@]5(C)C4CC[C@]23C)O[C@]12CC[C@@H](C)CO2. The third-order valence-corrected chi connectivity index (χ3v) is 16.2. The summed E-state index contributed by atoms with van der Waals surface area (Å²) < 4.78 is 37.0. The van der Waals surface area contributed by atoms with E-state index in [4.69, 9.17) is 28.4 Å². The highest BCUT2D eigenvalue weighted by molar-refractivity contribution is 5.15. The van der Waals surface area contributed by atoms with Crippen molar-refractivity contribution in [2.45, 2.75) is 171 Å². The van der Waals surface area contributed by atoms with E-state index in [1.807, 2.05) is 0 Å². The van der Waals surface area contributed by atoms with Gasteiger partial charge < -0.3 is 64.2 Å². The summed E-state index contributed by atoms with van der Waals surface area (Å²) in [6, 6.07) is 0. The monoisotopic (exact) mass is 740 g/mol. The molecule has 298 valence electrons. The molecule has 8 rings (SSSR count). The average Bonchev–Trinajstić information content (AvgIpc) is 3.58. The largest absolute Gasteiger partial charge is 0.394 e. The summed E-state index contributed by atoms with van der Waals surface area (Å²) >= 11 is 0. The minimum absolute atomic E-state index is 0.188. The Balaban J connectivity index is 0.892. The van der Waals surface area contributed by atoms with Crippen LogP contribution < -0.4 is 0 Å². The Hall–Kier alpha value is -0.520. The lowest BCUT2D eigenvalue weighted by Crippen LogP contribution is -2.65. The molecule has 4 aliphatic heterocycles. The molecule has 7 N–H and O–H groups in total. The molecule has 1 spiro atoms. The highest BCUT2D eigenvalue weighted by atomic mass is 16.7. The molecule has 0 aromatic rings. The van der Waals surface area contributed by atoms with Gasteiger partial charge in [0, 0.05) is 12.3 Å². The van der Waals surface area contributed by atoms with Crippen LogP contribution in [-0.2, 0) is 28.4 Å². The van der Waals surface area contributed by atoms with Crippen molar-refractivity contribution in [2.24, 2.45) is 52.3 Å². The van der Waals surface area contributed by atoms with Gasteiger partial charge in [0.15, 0.2) is 18.4 Å². The Kier molecular flexibility index (Phi) is 10.4. The van der Waals surface area contributed by atoms with E-state index in [0.29, 0.717) is 41.4 Å². The van der Waals surface area contributed by atoms with Crippen LogP contribution >= 0.6 is 0 Å². The van der Waals surface area contributed by atoms with Crippen LogP contribution in [0.3, 0.4) is 0 Å². The minimum atomic E-state index is -1.71. The Morgan fingerprint density at radius 3 is 2.08 bits per heavy atom. The smallest absolute Gasteiger partial charge is 0.187 e. The van der Waals surface area contributed by atoms with Crippen LogP contribution in [0.2, 0.25) is 0 Å². The quantitative estimate of drug-likeness (QED) is 0.194. The van der Waals surface area contributed by atoms with Gasteiger partial charge in [-0.3, -0.25) is 0 Å². The highest BCUT2D eigenvalue weighted by Gasteiger charge is 2.69. The van der Waals surface area contributed by atoms with Crippen molar-refractivity contribution >= 4 is 0 Å². The molecule has 13 nitrogen and oxygen atoms in total. The van der Waals surface area contributed by atoms with E-state index < -0.39 is 80.4 Å². The van der Waals surface area contributed by atoms with Crippen molar-refractivity contribution < 1.29 is 64.2 Å². The normalized spacial score (nSPS) is 59.0. The van der Waals surface area contributed by atoms with Crippen molar-refractivity contribution in [3.05, 3.63) is 0 Å². The van der Waals surface area contributed by atoms with Gasteiger partial charge in [-0.25, -0.2) is 0 Å². The number of hydrogen-bond acceptors (Lipinski definition) is 13. The van der Waals surface area contributed by atoms with E-state index in [2.05, 4.69) is 27.7 Å². The third kappa shape index (κ3) is 5.98. The van der Waals surface area contributed by atoms with Crippen LogP contribution in [-0.4, -0.2) is 135 Å². The first-order chi connectivity index (χ1) is 24.7. The van der Waals surface area contributed by atoms with E-state index in [0.717, 1.165) is 45.1 Å². The molecule has 0 bridgehead atoms. The molecule has 13 heteroatoms. The van der Waals surface area contributed by atoms with Gasteiger partial charge in [0.25, 0.3) is 0 Å². The van der Waals surface area contributed by atoms with E-state index in [1.54, 1.807) is 0 Å². The fourth-order valence-corrected chi connectivity index (χ4v) is 13.2. The van der Waals surface area contributed by atoms with Gasteiger partial charge in [-0.15, -0.1) is 0 Å². The summed E-state index contributed by atoms with van der Waals surface area (Å²) in [5.74, 6) is 3.63. The summed E-state index contributed by atoms with van der Waals surface area (Å²) in [7, 11) is 0. The van der Waals surface area contributed by atoms with Gasteiger partial charge in [-0.05, 0) is 104 Å². The lowest BCUT2D eigenvalue weighted by molar-refractivity contribution is -0.364. The maximum absolute atomic E-state index is 11.2. The van der Waals surface area contributed by atoms with Crippen molar-refractivity contribution in [2.75, 3.05) is 19.8 Å². The van der Waals surface area contributed by atoms with Crippen molar-refractivity contribution in [3.8, 4) is 0 Å². The maximum atomic E-state index is 11.2. The average molecular weight is 741 g/mol. The van der Waals surface area contributed by atoms with Crippen LogP contribution in [0.5, 0.6) is 0 Å². The van der Waals surface area contributed by atoms with Crippen LogP contribution in [0, 0.1) is 52.3 Å². The van der Waals surface area contributed by atoms with Gasteiger partial charge in [-0.1, -0.05) is 27.7 Å². The van der Waals surface area contributed by atoms with Crippen molar-refractivity contribution in [3.63, 3.8) is 0 Å².